The quantitative estimate of drug-likeness (QED) is 0.885. The van der Waals surface area contributed by atoms with Crippen LogP contribution in [0.2, 0.25) is 0 Å². The van der Waals surface area contributed by atoms with Gasteiger partial charge in [-0.1, -0.05) is 0 Å². The third-order valence-corrected chi connectivity index (χ3v) is 7.00. The highest BCUT2D eigenvalue weighted by atomic mass is 32.2. The van der Waals surface area contributed by atoms with Crippen LogP contribution in [0.3, 0.4) is 0 Å². The van der Waals surface area contributed by atoms with E-state index in [-0.39, 0.29) is 0 Å². The molecule has 1 N–H and O–H groups in total. The van der Waals surface area contributed by atoms with E-state index in [9.17, 15) is 8.42 Å². The first-order chi connectivity index (χ1) is 8.63. The molecule has 5 nitrogen and oxygen atoms in total. The first-order valence-electron chi connectivity index (χ1n) is 5.95. The highest BCUT2D eigenvalue weighted by Crippen LogP contribution is 2.36. The van der Waals surface area contributed by atoms with Crippen LogP contribution in [0, 0.1) is 11.8 Å². The molecule has 0 bridgehead atoms. The van der Waals surface area contributed by atoms with Gasteiger partial charge in [-0.2, -0.15) is 4.31 Å². The lowest BCUT2D eigenvalue weighted by Crippen LogP contribution is -2.31. The molecule has 0 amide bonds. The van der Waals surface area contributed by atoms with Gasteiger partial charge in [-0.05, 0) is 36.4 Å². The lowest BCUT2D eigenvalue weighted by molar-refractivity contribution is 0.400. The van der Waals surface area contributed by atoms with Crippen molar-refractivity contribution in [3.05, 3.63) is 11.4 Å². The average molecular weight is 288 g/mol. The van der Waals surface area contributed by atoms with Crippen LogP contribution in [0.1, 0.15) is 0 Å². The number of ether oxygens (including phenoxy) is 1. The molecular formula is C11H16N2O3S2. The lowest BCUT2D eigenvalue weighted by Gasteiger charge is -2.17. The summed E-state index contributed by atoms with van der Waals surface area (Å²) in [5.41, 5.74) is 0. The van der Waals surface area contributed by atoms with Crippen LogP contribution in [0.4, 0.5) is 0 Å². The molecule has 18 heavy (non-hydrogen) atoms. The standard InChI is InChI=1S/C11H16N2O3S2/c1-16-10-2-3-17-11(10)18(14,15)13-6-8-4-12-5-9(8)7-13/h2-3,8-9,12H,4-7H2,1H3/t8-,9+. The van der Waals surface area contributed by atoms with Gasteiger partial charge in [0.25, 0.3) is 10.0 Å². The maximum atomic E-state index is 12.5. The van der Waals surface area contributed by atoms with E-state index in [0.29, 0.717) is 34.9 Å². The second kappa shape index (κ2) is 4.48. The number of nitrogens with zero attached hydrogens (tertiary/aromatic N) is 1. The van der Waals surface area contributed by atoms with Crippen molar-refractivity contribution in [2.24, 2.45) is 11.8 Å². The second-order valence-electron chi connectivity index (χ2n) is 4.78. The van der Waals surface area contributed by atoms with Crippen molar-refractivity contribution in [1.82, 2.24) is 9.62 Å². The Morgan fingerprint density at radius 1 is 1.39 bits per heavy atom. The Bertz CT molecular complexity index is 528. The Morgan fingerprint density at radius 2 is 2.06 bits per heavy atom. The molecule has 2 saturated heterocycles. The number of sulfonamides is 1. The van der Waals surface area contributed by atoms with Crippen molar-refractivity contribution >= 4 is 21.4 Å². The molecule has 100 valence electrons. The van der Waals surface area contributed by atoms with Gasteiger partial charge in [0.15, 0.2) is 4.21 Å². The third-order valence-electron chi connectivity index (χ3n) is 3.75. The van der Waals surface area contributed by atoms with Crippen LogP contribution in [0.25, 0.3) is 0 Å². The van der Waals surface area contributed by atoms with Gasteiger partial charge < -0.3 is 10.1 Å². The third kappa shape index (κ3) is 1.85. The van der Waals surface area contributed by atoms with Crippen molar-refractivity contribution in [3.8, 4) is 5.75 Å². The van der Waals surface area contributed by atoms with E-state index >= 15 is 0 Å². The molecule has 7 heteroatoms. The topological polar surface area (TPSA) is 58.6 Å². The Morgan fingerprint density at radius 3 is 2.67 bits per heavy atom. The smallest absolute Gasteiger partial charge is 0.256 e. The Labute approximate surface area is 111 Å². The molecule has 0 aliphatic carbocycles. The molecule has 2 aliphatic heterocycles. The fourth-order valence-electron chi connectivity index (χ4n) is 2.75. The molecule has 2 fully saturated rings. The van der Waals surface area contributed by atoms with Crippen LogP contribution < -0.4 is 10.1 Å². The van der Waals surface area contributed by atoms with Gasteiger partial charge >= 0.3 is 0 Å². The molecule has 0 unspecified atom stereocenters. The fraction of sp³-hybridized carbons (Fsp3) is 0.636. The predicted octanol–water partition coefficient (Wildman–Crippen LogP) is 0.597. The van der Waals surface area contributed by atoms with E-state index in [1.54, 1.807) is 15.8 Å². The zero-order chi connectivity index (χ0) is 12.8. The molecule has 3 rings (SSSR count). The Balaban J connectivity index is 1.88. The molecule has 2 atom stereocenters. The number of rotatable bonds is 3. The molecular weight excluding hydrogens is 272 g/mol. The molecule has 0 aromatic carbocycles. The maximum Gasteiger partial charge on any atom is 0.256 e. The van der Waals surface area contributed by atoms with E-state index < -0.39 is 10.0 Å². The molecule has 1 aromatic heterocycles. The number of thiophene rings is 1. The van der Waals surface area contributed by atoms with E-state index in [1.165, 1.54) is 18.4 Å². The van der Waals surface area contributed by atoms with Gasteiger partial charge in [0.05, 0.1) is 7.11 Å². The SMILES string of the molecule is COc1ccsc1S(=O)(=O)N1C[C@H]2CNC[C@H]2C1. The maximum absolute atomic E-state index is 12.5. The molecule has 0 radical (unpaired) electrons. The van der Waals surface area contributed by atoms with Gasteiger partial charge in [0.1, 0.15) is 5.75 Å². The first-order valence-corrected chi connectivity index (χ1v) is 8.27. The number of methoxy groups -OCH3 is 1. The van der Waals surface area contributed by atoms with Gasteiger partial charge in [0, 0.05) is 13.1 Å². The summed E-state index contributed by atoms with van der Waals surface area (Å²) in [6.07, 6.45) is 0. The Hall–Kier alpha value is -0.630. The normalized spacial score (nSPS) is 28.5. The summed E-state index contributed by atoms with van der Waals surface area (Å²) in [6.45, 7) is 3.11. The highest BCUT2D eigenvalue weighted by Gasteiger charge is 2.42. The summed E-state index contributed by atoms with van der Waals surface area (Å²) in [7, 11) is -1.88. The van der Waals surface area contributed by atoms with Crippen molar-refractivity contribution in [2.75, 3.05) is 33.3 Å². The molecule has 0 spiro atoms. The minimum absolute atomic E-state index is 0.331. The summed E-state index contributed by atoms with van der Waals surface area (Å²) < 4.78 is 32.1. The van der Waals surface area contributed by atoms with Crippen LogP contribution in [0.5, 0.6) is 5.75 Å². The van der Waals surface area contributed by atoms with E-state index in [0.717, 1.165) is 13.1 Å². The van der Waals surface area contributed by atoms with Crippen molar-refractivity contribution in [3.63, 3.8) is 0 Å². The van der Waals surface area contributed by atoms with E-state index in [1.807, 2.05) is 0 Å². The monoisotopic (exact) mass is 288 g/mol. The first kappa shape index (κ1) is 12.4. The summed E-state index contributed by atoms with van der Waals surface area (Å²) in [4.78, 5) is 0. The fourth-order valence-corrected chi connectivity index (χ4v) is 5.72. The number of fused-ring (bicyclic) bond motifs is 1. The largest absolute Gasteiger partial charge is 0.494 e. The van der Waals surface area contributed by atoms with Crippen molar-refractivity contribution in [1.29, 1.82) is 0 Å². The van der Waals surface area contributed by atoms with Crippen LogP contribution in [0.15, 0.2) is 15.7 Å². The average Bonchev–Trinajstić information content (AvgIpc) is 3.03. The number of nitrogens with one attached hydrogen (secondary N) is 1. The zero-order valence-corrected chi connectivity index (χ0v) is 11.8. The van der Waals surface area contributed by atoms with E-state index in [4.69, 9.17) is 4.74 Å². The summed E-state index contributed by atoms with van der Waals surface area (Å²) >= 11 is 1.23. The second-order valence-corrected chi connectivity index (χ2v) is 7.83. The van der Waals surface area contributed by atoms with Gasteiger partial charge in [-0.15, -0.1) is 11.3 Å². The minimum Gasteiger partial charge on any atom is -0.494 e. The molecule has 2 aliphatic rings. The van der Waals surface area contributed by atoms with E-state index in [2.05, 4.69) is 5.32 Å². The van der Waals surface area contributed by atoms with Gasteiger partial charge in [-0.25, -0.2) is 8.42 Å². The molecule has 0 saturated carbocycles. The van der Waals surface area contributed by atoms with Crippen LogP contribution >= 0.6 is 11.3 Å². The zero-order valence-electron chi connectivity index (χ0n) is 10.1. The van der Waals surface area contributed by atoms with Crippen LogP contribution in [-0.2, 0) is 10.0 Å². The molecule has 3 heterocycles. The summed E-state index contributed by atoms with van der Waals surface area (Å²) in [5, 5.41) is 5.06. The predicted molar refractivity (Wildman–Crippen MR) is 69.5 cm³/mol. The lowest BCUT2D eigenvalue weighted by atomic mass is 10.0. The minimum atomic E-state index is -3.38. The highest BCUT2D eigenvalue weighted by molar-refractivity contribution is 7.91. The van der Waals surface area contributed by atoms with Crippen molar-refractivity contribution in [2.45, 2.75) is 4.21 Å². The number of hydrogen-bond donors (Lipinski definition) is 1. The summed E-state index contributed by atoms with van der Waals surface area (Å²) in [6, 6.07) is 1.70. The van der Waals surface area contributed by atoms with Gasteiger partial charge in [-0.3, -0.25) is 0 Å². The number of hydrogen-bond acceptors (Lipinski definition) is 5. The van der Waals surface area contributed by atoms with Crippen LogP contribution in [-0.4, -0.2) is 46.0 Å². The van der Waals surface area contributed by atoms with Gasteiger partial charge in [0.2, 0.25) is 0 Å². The summed E-state index contributed by atoms with van der Waals surface area (Å²) in [5.74, 6) is 1.38. The molecule has 1 aromatic rings. The van der Waals surface area contributed by atoms with Crippen molar-refractivity contribution < 1.29 is 13.2 Å². The Kier molecular flexibility index (Phi) is 3.09.